The molecule has 0 spiro atoms. The van der Waals surface area contributed by atoms with Crippen LogP contribution in [0.3, 0.4) is 0 Å². The number of rotatable bonds is 3. The Balaban J connectivity index is 1.43. The van der Waals surface area contributed by atoms with E-state index in [9.17, 15) is 13.2 Å². The molecule has 3 aliphatic heterocycles. The smallest absolute Gasteiger partial charge is 0.260 e. The van der Waals surface area contributed by atoms with Gasteiger partial charge in [0.25, 0.3) is 5.91 Å². The largest absolute Gasteiger partial charge is 0.483 e. The molecule has 1 aromatic carbocycles. The number of nitrogens with zero attached hydrogens (tertiary/aromatic N) is 1. The van der Waals surface area contributed by atoms with E-state index in [4.69, 9.17) is 21.1 Å². The van der Waals surface area contributed by atoms with Gasteiger partial charge in [-0.05, 0) is 81.9 Å². The molecule has 2 bridgehead atoms. The van der Waals surface area contributed by atoms with Crippen LogP contribution in [0.1, 0.15) is 68.4 Å². The van der Waals surface area contributed by atoms with Crippen molar-refractivity contribution in [1.82, 2.24) is 9.62 Å². The molecule has 1 aromatic rings. The molecule has 3 heterocycles. The Bertz CT molecular complexity index is 1000. The molecule has 2 aliphatic carbocycles. The first kappa shape index (κ1) is 23.4. The van der Waals surface area contributed by atoms with E-state index in [2.05, 4.69) is 4.72 Å². The van der Waals surface area contributed by atoms with Crippen molar-refractivity contribution >= 4 is 27.5 Å². The van der Waals surface area contributed by atoms with Gasteiger partial charge in [0.2, 0.25) is 10.0 Å². The van der Waals surface area contributed by atoms with Crippen LogP contribution in [0.25, 0.3) is 0 Å². The average Bonchev–Trinajstić information content (AvgIpc) is 3.65. The van der Waals surface area contributed by atoms with Gasteiger partial charge in [0, 0.05) is 23.2 Å². The number of halogens is 1. The molecule has 1 unspecified atom stereocenters. The lowest BCUT2D eigenvalue weighted by molar-refractivity contribution is -0.140. The van der Waals surface area contributed by atoms with Crippen molar-refractivity contribution in [3.63, 3.8) is 0 Å². The van der Waals surface area contributed by atoms with Crippen LogP contribution < -0.4 is 9.46 Å². The van der Waals surface area contributed by atoms with Crippen molar-refractivity contribution in [3.8, 4) is 5.75 Å². The van der Waals surface area contributed by atoms with E-state index < -0.39 is 10.0 Å². The van der Waals surface area contributed by atoms with Crippen molar-refractivity contribution in [2.75, 3.05) is 19.8 Å². The molecule has 1 amide bonds. The van der Waals surface area contributed by atoms with Crippen LogP contribution in [0.5, 0.6) is 5.75 Å². The fourth-order valence-electron chi connectivity index (χ4n) is 5.68. The van der Waals surface area contributed by atoms with Crippen LogP contribution in [0.4, 0.5) is 0 Å². The van der Waals surface area contributed by atoms with Crippen LogP contribution >= 0.6 is 11.6 Å². The zero-order valence-electron chi connectivity index (χ0n) is 19.1. The molecule has 7 nitrogen and oxygen atoms in total. The van der Waals surface area contributed by atoms with E-state index in [1.165, 1.54) is 0 Å². The second-order valence-corrected chi connectivity index (χ2v) is 12.3. The van der Waals surface area contributed by atoms with Gasteiger partial charge < -0.3 is 14.4 Å². The minimum absolute atomic E-state index is 0.0805. The summed E-state index contributed by atoms with van der Waals surface area (Å²) >= 11 is 6.44. The fourth-order valence-corrected chi connectivity index (χ4v) is 7.49. The van der Waals surface area contributed by atoms with Crippen LogP contribution in [-0.2, 0) is 19.6 Å². The van der Waals surface area contributed by atoms with E-state index in [0.29, 0.717) is 43.4 Å². The lowest BCUT2D eigenvalue weighted by Gasteiger charge is -2.42. The molecule has 6 rings (SSSR count). The number of benzene rings is 1. The lowest BCUT2D eigenvalue weighted by Crippen LogP contribution is -2.60. The van der Waals surface area contributed by atoms with Crippen molar-refractivity contribution in [2.45, 2.75) is 87.6 Å². The number of piperidine rings is 1. The minimum Gasteiger partial charge on any atom is -0.483 e. The van der Waals surface area contributed by atoms with Crippen molar-refractivity contribution < 1.29 is 22.7 Å². The number of hydrogen-bond donors (Lipinski definition) is 1. The summed E-state index contributed by atoms with van der Waals surface area (Å²) in [6.45, 7) is 2.86. The number of hydrogen-bond acceptors (Lipinski definition) is 5. The highest BCUT2D eigenvalue weighted by molar-refractivity contribution is 7.90. The third kappa shape index (κ3) is 4.90. The summed E-state index contributed by atoms with van der Waals surface area (Å²) in [5.41, 5.74) is 2.13. The third-order valence-corrected chi connectivity index (χ3v) is 10.1. The van der Waals surface area contributed by atoms with E-state index in [1.807, 2.05) is 19.1 Å². The Labute approximate surface area is 201 Å². The molecular formula is C24H33ClN2O5S. The Kier molecular flexibility index (Phi) is 6.64. The normalized spacial score (nSPS) is 31.0. The summed E-state index contributed by atoms with van der Waals surface area (Å²) in [5.74, 6) is 0.924. The van der Waals surface area contributed by atoms with Crippen LogP contribution in [-0.4, -0.2) is 62.4 Å². The standard InChI is InChI=1S/C24H33ClN2O5S/c1-15-19(25)10-11-22-24(15)16-4-6-17(7-5-16)31-13-21-20(26-33(29,30)18-8-9-18)3-2-12-27(21)23(28)14-32-22/h10-11,16-18,20-21,26H,2-9,12-14H2,1H3/t16?,17?,20?,21-/m0/s1. The summed E-state index contributed by atoms with van der Waals surface area (Å²) in [7, 11) is -3.36. The third-order valence-electron chi connectivity index (χ3n) is 7.72. The Morgan fingerprint density at radius 2 is 1.85 bits per heavy atom. The zero-order chi connectivity index (χ0) is 23.2. The van der Waals surface area contributed by atoms with E-state index in [0.717, 1.165) is 49.0 Å². The zero-order valence-corrected chi connectivity index (χ0v) is 20.7. The van der Waals surface area contributed by atoms with Crippen LogP contribution in [0.15, 0.2) is 12.1 Å². The molecule has 2 saturated carbocycles. The fraction of sp³-hybridized carbons (Fsp3) is 0.708. The van der Waals surface area contributed by atoms with Crippen molar-refractivity contribution in [2.24, 2.45) is 0 Å². The van der Waals surface area contributed by atoms with Gasteiger partial charge in [-0.3, -0.25) is 4.79 Å². The van der Waals surface area contributed by atoms with Gasteiger partial charge >= 0.3 is 0 Å². The van der Waals surface area contributed by atoms with Crippen LogP contribution in [0, 0.1) is 6.92 Å². The maximum absolute atomic E-state index is 13.3. The number of ether oxygens (including phenoxy) is 2. The van der Waals surface area contributed by atoms with Gasteiger partial charge in [-0.25, -0.2) is 13.1 Å². The number of carbonyl (C=O) groups is 1. The molecule has 0 aromatic heterocycles. The second-order valence-electron chi connectivity index (χ2n) is 9.95. The molecule has 1 saturated heterocycles. The number of sulfonamides is 1. The van der Waals surface area contributed by atoms with E-state index in [-0.39, 0.29) is 36.0 Å². The molecule has 9 heteroatoms. The summed E-state index contributed by atoms with van der Waals surface area (Å²) < 4.78 is 40.7. The molecule has 0 radical (unpaired) electrons. The SMILES string of the molecule is Cc1c(Cl)ccc2c1C1CCC(CC1)OC[C@H]1C(NS(=O)(=O)C3CC3)CCCN1C(=O)CO2. The quantitative estimate of drug-likeness (QED) is 0.692. The minimum atomic E-state index is -3.36. The van der Waals surface area contributed by atoms with Crippen molar-refractivity contribution in [3.05, 3.63) is 28.3 Å². The molecule has 1 N–H and O–H groups in total. The second kappa shape index (κ2) is 9.36. The number of nitrogens with one attached hydrogen (secondary N) is 1. The van der Waals surface area contributed by atoms with Gasteiger partial charge in [-0.2, -0.15) is 0 Å². The summed E-state index contributed by atoms with van der Waals surface area (Å²) in [6.07, 6.45) is 6.80. The maximum Gasteiger partial charge on any atom is 0.260 e. The molecule has 3 fully saturated rings. The van der Waals surface area contributed by atoms with Crippen molar-refractivity contribution in [1.29, 1.82) is 0 Å². The highest BCUT2D eigenvalue weighted by Gasteiger charge is 2.42. The van der Waals surface area contributed by atoms with Crippen LogP contribution in [0.2, 0.25) is 5.02 Å². The van der Waals surface area contributed by atoms with E-state index >= 15 is 0 Å². The van der Waals surface area contributed by atoms with E-state index in [1.54, 1.807) is 4.90 Å². The Morgan fingerprint density at radius 3 is 2.58 bits per heavy atom. The first-order valence-corrected chi connectivity index (χ1v) is 14.1. The molecule has 33 heavy (non-hydrogen) atoms. The predicted molar refractivity (Wildman–Crippen MR) is 126 cm³/mol. The summed E-state index contributed by atoms with van der Waals surface area (Å²) in [4.78, 5) is 15.1. The highest BCUT2D eigenvalue weighted by atomic mass is 35.5. The van der Waals surface area contributed by atoms with Gasteiger partial charge in [0.1, 0.15) is 5.75 Å². The Hall–Kier alpha value is -1.35. The van der Waals surface area contributed by atoms with Gasteiger partial charge in [-0.1, -0.05) is 11.6 Å². The highest BCUT2D eigenvalue weighted by Crippen LogP contribution is 2.42. The monoisotopic (exact) mass is 496 g/mol. The number of amides is 1. The molecular weight excluding hydrogens is 464 g/mol. The Morgan fingerprint density at radius 1 is 1.09 bits per heavy atom. The summed E-state index contributed by atoms with van der Waals surface area (Å²) in [6, 6.07) is 3.05. The average molecular weight is 497 g/mol. The summed E-state index contributed by atoms with van der Waals surface area (Å²) in [5, 5.41) is 0.428. The van der Waals surface area contributed by atoms with Gasteiger partial charge in [0.05, 0.1) is 24.0 Å². The topological polar surface area (TPSA) is 84.9 Å². The van der Waals surface area contributed by atoms with Gasteiger partial charge in [0.15, 0.2) is 6.61 Å². The molecule has 182 valence electrons. The molecule has 2 atom stereocenters. The lowest BCUT2D eigenvalue weighted by atomic mass is 9.80. The first-order valence-electron chi connectivity index (χ1n) is 12.2. The van der Waals surface area contributed by atoms with Gasteiger partial charge in [-0.15, -0.1) is 0 Å². The molecule has 5 aliphatic rings. The number of carbonyl (C=O) groups excluding carboxylic acids is 1. The number of fused-ring (bicyclic) bond motifs is 5. The predicted octanol–water partition coefficient (Wildman–Crippen LogP) is 3.53. The first-order chi connectivity index (χ1) is 15.8. The maximum atomic E-state index is 13.3.